The summed E-state index contributed by atoms with van der Waals surface area (Å²) in [7, 11) is 0. The molecule has 0 aliphatic rings. The summed E-state index contributed by atoms with van der Waals surface area (Å²) in [6.07, 6.45) is 3.04. The van der Waals surface area contributed by atoms with E-state index in [2.05, 4.69) is 17.2 Å². The Balaban J connectivity index is 2.44. The summed E-state index contributed by atoms with van der Waals surface area (Å²) in [5, 5.41) is 11.7. The summed E-state index contributed by atoms with van der Waals surface area (Å²) in [5.41, 5.74) is -0.177. The van der Waals surface area contributed by atoms with Crippen LogP contribution in [0.3, 0.4) is 0 Å². The van der Waals surface area contributed by atoms with Gasteiger partial charge in [-0.2, -0.15) is 0 Å². The number of aromatic carboxylic acids is 1. The van der Waals surface area contributed by atoms with Gasteiger partial charge in [0.15, 0.2) is 0 Å². The fraction of sp³-hybridized carbons (Fsp3) is 0.500. The van der Waals surface area contributed by atoms with Gasteiger partial charge in [0.05, 0.1) is 12.8 Å². The van der Waals surface area contributed by atoms with Crippen LogP contribution in [0, 0.1) is 5.82 Å². The molecule has 2 N–H and O–H groups in total. The van der Waals surface area contributed by atoms with Crippen molar-refractivity contribution < 1.29 is 19.0 Å². The van der Waals surface area contributed by atoms with Crippen LogP contribution in [0.1, 0.15) is 30.1 Å². The number of pyridine rings is 1. The zero-order chi connectivity index (χ0) is 13.4. The number of nitrogens with one attached hydrogen (secondary N) is 1. The first-order chi connectivity index (χ1) is 8.65. The average Bonchev–Trinajstić information content (AvgIpc) is 2.35. The predicted molar refractivity (Wildman–Crippen MR) is 65.4 cm³/mol. The highest BCUT2D eigenvalue weighted by molar-refractivity contribution is 5.93. The van der Waals surface area contributed by atoms with Crippen molar-refractivity contribution in [1.29, 1.82) is 0 Å². The molecule has 0 saturated heterocycles. The molecule has 0 aliphatic carbocycles. The largest absolute Gasteiger partial charge is 0.478 e. The summed E-state index contributed by atoms with van der Waals surface area (Å²) in [4.78, 5) is 14.6. The SMILES string of the molecule is CCCCOCCNc1ncc(F)cc1C(=O)O. The number of rotatable bonds is 8. The smallest absolute Gasteiger partial charge is 0.339 e. The molecule has 0 saturated carbocycles. The second-order valence-electron chi connectivity index (χ2n) is 3.75. The Hall–Kier alpha value is -1.69. The van der Waals surface area contributed by atoms with Gasteiger partial charge in [0.1, 0.15) is 17.2 Å². The van der Waals surface area contributed by atoms with Gasteiger partial charge in [0.2, 0.25) is 0 Å². The van der Waals surface area contributed by atoms with Crippen molar-refractivity contribution in [3.63, 3.8) is 0 Å². The van der Waals surface area contributed by atoms with Crippen LogP contribution in [-0.2, 0) is 4.74 Å². The van der Waals surface area contributed by atoms with E-state index in [1.54, 1.807) is 0 Å². The molecule has 0 aliphatic heterocycles. The van der Waals surface area contributed by atoms with Gasteiger partial charge in [0.25, 0.3) is 0 Å². The third-order valence-corrected chi connectivity index (χ3v) is 2.27. The fourth-order valence-corrected chi connectivity index (χ4v) is 1.33. The van der Waals surface area contributed by atoms with E-state index in [1.807, 2.05) is 0 Å². The minimum Gasteiger partial charge on any atom is -0.478 e. The number of carboxylic acids is 1. The molecular formula is C12H17FN2O3. The van der Waals surface area contributed by atoms with E-state index >= 15 is 0 Å². The maximum Gasteiger partial charge on any atom is 0.339 e. The topological polar surface area (TPSA) is 71.5 Å². The average molecular weight is 256 g/mol. The summed E-state index contributed by atoms with van der Waals surface area (Å²) in [5.74, 6) is -1.73. The van der Waals surface area contributed by atoms with Crippen LogP contribution in [0.4, 0.5) is 10.2 Å². The van der Waals surface area contributed by atoms with Gasteiger partial charge in [-0.25, -0.2) is 14.2 Å². The van der Waals surface area contributed by atoms with Crippen molar-refractivity contribution in [3.05, 3.63) is 23.6 Å². The van der Waals surface area contributed by atoms with E-state index in [0.717, 1.165) is 25.1 Å². The Morgan fingerprint density at radius 3 is 3.00 bits per heavy atom. The lowest BCUT2D eigenvalue weighted by molar-refractivity contribution is 0.0697. The number of unbranched alkanes of at least 4 members (excludes halogenated alkanes) is 1. The van der Waals surface area contributed by atoms with E-state index in [-0.39, 0.29) is 11.4 Å². The van der Waals surface area contributed by atoms with Crippen LogP contribution in [0.15, 0.2) is 12.3 Å². The molecule has 1 heterocycles. The summed E-state index contributed by atoms with van der Waals surface area (Å²) in [6.45, 7) is 3.64. The second kappa shape index (κ2) is 7.60. The molecule has 0 aromatic carbocycles. The van der Waals surface area contributed by atoms with Gasteiger partial charge in [0, 0.05) is 13.2 Å². The van der Waals surface area contributed by atoms with Crippen molar-refractivity contribution in [2.24, 2.45) is 0 Å². The monoisotopic (exact) mass is 256 g/mol. The van der Waals surface area contributed by atoms with Crippen LogP contribution >= 0.6 is 0 Å². The number of aromatic nitrogens is 1. The van der Waals surface area contributed by atoms with Gasteiger partial charge in [-0.1, -0.05) is 13.3 Å². The summed E-state index contributed by atoms with van der Waals surface area (Å²) in [6, 6.07) is 0.940. The molecule has 1 aromatic heterocycles. The molecule has 1 aromatic rings. The van der Waals surface area contributed by atoms with E-state index in [0.29, 0.717) is 19.8 Å². The molecule has 0 atom stereocenters. The molecule has 6 heteroatoms. The molecule has 0 spiro atoms. The third kappa shape index (κ3) is 4.67. The van der Waals surface area contributed by atoms with E-state index < -0.39 is 11.8 Å². The Morgan fingerprint density at radius 1 is 1.56 bits per heavy atom. The molecule has 0 bridgehead atoms. The molecule has 0 radical (unpaired) electrons. The lowest BCUT2D eigenvalue weighted by Gasteiger charge is -2.08. The number of ether oxygens (including phenoxy) is 1. The van der Waals surface area contributed by atoms with Crippen molar-refractivity contribution in [2.75, 3.05) is 25.1 Å². The van der Waals surface area contributed by atoms with Crippen LogP contribution in [0.25, 0.3) is 0 Å². The highest BCUT2D eigenvalue weighted by Gasteiger charge is 2.12. The lowest BCUT2D eigenvalue weighted by Crippen LogP contribution is -2.14. The van der Waals surface area contributed by atoms with Crippen LogP contribution in [0.5, 0.6) is 0 Å². The number of hydrogen-bond acceptors (Lipinski definition) is 4. The first-order valence-electron chi connectivity index (χ1n) is 5.85. The maximum atomic E-state index is 12.9. The second-order valence-corrected chi connectivity index (χ2v) is 3.75. The molecule has 1 rings (SSSR count). The fourth-order valence-electron chi connectivity index (χ4n) is 1.33. The molecular weight excluding hydrogens is 239 g/mol. The van der Waals surface area contributed by atoms with Gasteiger partial charge >= 0.3 is 5.97 Å². The third-order valence-electron chi connectivity index (χ3n) is 2.27. The van der Waals surface area contributed by atoms with E-state index in [4.69, 9.17) is 9.84 Å². The maximum absolute atomic E-state index is 12.9. The summed E-state index contributed by atoms with van der Waals surface area (Å²) >= 11 is 0. The Labute approximate surface area is 105 Å². The quantitative estimate of drug-likeness (QED) is 0.697. The molecule has 5 nitrogen and oxygen atoms in total. The number of halogens is 1. The molecule has 18 heavy (non-hydrogen) atoms. The highest BCUT2D eigenvalue weighted by atomic mass is 19.1. The minimum atomic E-state index is -1.21. The number of hydrogen-bond donors (Lipinski definition) is 2. The molecule has 0 fully saturated rings. The van der Waals surface area contributed by atoms with Crippen molar-refractivity contribution in [3.8, 4) is 0 Å². The highest BCUT2D eigenvalue weighted by Crippen LogP contribution is 2.13. The number of anilines is 1. The predicted octanol–water partition coefficient (Wildman–Crippen LogP) is 2.15. The number of carbonyl (C=O) groups is 1. The van der Waals surface area contributed by atoms with Crippen molar-refractivity contribution in [1.82, 2.24) is 4.98 Å². The normalized spacial score (nSPS) is 10.3. The van der Waals surface area contributed by atoms with E-state index in [9.17, 15) is 9.18 Å². The van der Waals surface area contributed by atoms with E-state index in [1.165, 1.54) is 0 Å². The standard InChI is InChI=1S/C12H17FN2O3/c1-2-3-5-18-6-4-14-11-10(12(16)17)7-9(13)8-15-11/h7-8H,2-6H2,1H3,(H,14,15)(H,16,17). The molecule has 100 valence electrons. The number of carboxylic acid groups (broad SMARTS) is 1. The van der Waals surface area contributed by atoms with Gasteiger partial charge < -0.3 is 15.2 Å². The first-order valence-corrected chi connectivity index (χ1v) is 5.85. The Bertz CT molecular complexity index is 399. The first kappa shape index (κ1) is 14.4. The summed E-state index contributed by atoms with van der Waals surface area (Å²) < 4.78 is 18.2. The Morgan fingerprint density at radius 2 is 2.33 bits per heavy atom. The Kier molecular flexibility index (Phi) is 6.07. The number of nitrogens with zero attached hydrogens (tertiary/aromatic N) is 1. The minimum absolute atomic E-state index is 0.156. The van der Waals surface area contributed by atoms with Crippen LogP contribution in [-0.4, -0.2) is 35.8 Å². The van der Waals surface area contributed by atoms with Crippen molar-refractivity contribution >= 4 is 11.8 Å². The van der Waals surface area contributed by atoms with Crippen molar-refractivity contribution in [2.45, 2.75) is 19.8 Å². The molecule has 0 amide bonds. The lowest BCUT2D eigenvalue weighted by atomic mass is 10.2. The van der Waals surface area contributed by atoms with Gasteiger partial charge in [-0.05, 0) is 12.5 Å². The van der Waals surface area contributed by atoms with Gasteiger partial charge in [-0.15, -0.1) is 0 Å². The van der Waals surface area contributed by atoms with Crippen LogP contribution in [0.2, 0.25) is 0 Å². The zero-order valence-electron chi connectivity index (χ0n) is 10.3. The zero-order valence-corrected chi connectivity index (χ0v) is 10.3. The van der Waals surface area contributed by atoms with Crippen LogP contribution < -0.4 is 5.32 Å². The van der Waals surface area contributed by atoms with Gasteiger partial charge in [-0.3, -0.25) is 0 Å². The molecule has 0 unspecified atom stereocenters.